The zero-order valence-electron chi connectivity index (χ0n) is 44.9. The van der Waals surface area contributed by atoms with Crippen LogP contribution in [0.15, 0.2) is 85.1 Å². The predicted octanol–water partition coefficient (Wildman–Crippen LogP) is 19.8. The molecule has 0 saturated heterocycles. The number of carbonyl (C=O) groups is 2. The molecule has 68 heavy (non-hydrogen) atoms. The van der Waals surface area contributed by atoms with Crippen molar-refractivity contribution in [2.75, 3.05) is 13.2 Å². The van der Waals surface area contributed by atoms with Gasteiger partial charge in [-0.15, -0.1) is 0 Å². The van der Waals surface area contributed by atoms with Crippen LogP contribution in [-0.4, -0.2) is 36.4 Å². The van der Waals surface area contributed by atoms with E-state index in [-0.39, 0.29) is 25.2 Å². The highest BCUT2D eigenvalue weighted by Crippen LogP contribution is 2.16. The molecule has 0 spiro atoms. The third-order valence-corrected chi connectivity index (χ3v) is 12.7. The molecule has 1 atom stereocenters. The summed E-state index contributed by atoms with van der Waals surface area (Å²) >= 11 is 0. The van der Waals surface area contributed by atoms with Crippen LogP contribution in [0.4, 0.5) is 0 Å². The fourth-order valence-corrected chi connectivity index (χ4v) is 8.32. The lowest BCUT2D eigenvalue weighted by atomic mass is 10.0. The van der Waals surface area contributed by atoms with Gasteiger partial charge in [0.2, 0.25) is 0 Å². The smallest absolute Gasteiger partial charge is 0.306 e. The van der Waals surface area contributed by atoms with Crippen molar-refractivity contribution in [2.45, 2.75) is 290 Å². The molecule has 0 aromatic carbocycles. The van der Waals surface area contributed by atoms with Crippen molar-refractivity contribution in [3.8, 4) is 0 Å². The van der Waals surface area contributed by atoms with Crippen molar-refractivity contribution < 1.29 is 24.2 Å². The molecule has 0 aliphatic rings. The van der Waals surface area contributed by atoms with Gasteiger partial charge in [0.1, 0.15) is 6.61 Å². The highest BCUT2D eigenvalue weighted by atomic mass is 16.6. The third-order valence-electron chi connectivity index (χ3n) is 12.7. The van der Waals surface area contributed by atoms with Gasteiger partial charge >= 0.3 is 11.9 Å². The van der Waals surface area contributed by atoms with E-state index in [1.54, 1.807) is 0 Å². The lowest BCUT2D eigenvalue weighted by Crippen LogP contribution is -2.28. The number of aliphatic hydroxyl groups excluding tert-OH is 1. The summed E-state index contributed by atoms with van der Waals surface area (Å²) in [5.74, 6) is -0.587. The van der Waals surface area contributed by atoms with E-state index in [1.165, 1.54) is 180 Å². The molecule has 5 heteroatoms. The number of aliphatic hydroxyl groups is 1. The van der Waals surface area contributed by atoms with Crippen molar-refractivity contribution in [1.29, 1.82) is 0 Å². The van der Waals surface area contributed by atoms with Gasteiger partial charge in [-0.05, 0) is 89.9 Å². The second-order valence-electron chi connectivity index (χ2n) is 19.3. The Hall–Kier alpha value is -2.92. The Morgan fingerprint density at radius 3 is 0.956 bits per heavy atom. The molecule has 0 aromatic rings. The van der Waals surface area contributed by atoms with E-state index in [0.717, 1.165) is 77.0 Å². The predicted molar refractivity (Wildman–Crippen MR) is 297 cm³/mol. The number of carbonyl (C=O) groups excluding carboxylic acids is 2. The first kappa shape index (κ1) is 65.1. The first-order valence-electron chi connectivity index (χ1n) is 29.1. The van der Waals surface area contributed by atoms with Crippen LogP contribution in [0.1, 0.15) is 284 Å². The molecule has 0 radical (unpaired) electrons. The number of allylic oxidation sites excluding steroid dienone is 14. The zero-order valence-corrected chi connectivity index (χ0v) is 44.9. The first-order chi connectivity index (χ1) is 33.6. The van der Waals surface area contributed by atoms with Crippen molar-refractivity contribution in [3.63, 3.8) is 0 Å². The molecule has 0 bridgehead atoms. The molecule has 0 heterocycles. The maximum absolute atomic E-state index is 12.3. The molecule has 0 aromatic heterocycles. The lowest BCUT2D eigenvalue weighted by molar-refractivity contribution is -0.161. The molecule has 0 aliphatic heterocycles. The van der Waals surface area contributed by atoms with E-state index in [0.29, 0.717) is 12.8 Å². The van der Waals surface area contributed by atoms with Gasteiger partial charge < -0.3 is 14.6 Å². The van der Waals surface area contributed by atoms with Gasteiger partial charge in [-0.25, -0.2) is 0 Å². The molecular weight excluding hydrogens is 837 g/mol. The van der Waals surface area contributed by atoms with E-state index in [1.807, 2.05) is 0 Å². The van der Waals surface area contributed by atoms with Gasteiger partial charge in [-0.3, -0.25) is 9.59 Å². The third kappa shape index (κ3) is 55.7. The zero-order chi connectivity index (χ0) is 49.2. The molecule has 392 valence electrons. The van der Waals surface area contributed by atoms with Crippen LogP contribution in [-0.2, 0) is 19.1 Å². The number of hydrogen-bond acceptors (Lipinski definition) is 5. The molecule has 0 saturated carbocycles. The standard InChI is InChI=1S/C63H110O5/c1-3-5-7-9-11-13-15-17-19-21-23-25-27-29-31-33-35-37-39-41-43-45-47-49-51-53-55-57-62(65)67-60-61(59-64)68-63(66)58-56-54-52-50-48-46-44-42-40-38-36-34-32-30-28-26-24-22-20-18-16-14-12-10-8-6-4-2/h6,8,12,14-15,17-18,20-21,23-24,26-27,29,61,64H,3-5,7,9-11,13,16,19,22,25,28,30-60H2,1-2H3/b8-6-,14-12-,17-15-,20-18-,23-21-,26-24-,29-27-. The second-order valence-corrected chi connectivity index (χ2v) is 19.3. The van der Waals surface area contributed by atoms with Crippen LogP contribution in [0, 0.1) is 0 Å². The van der Waals surface area contributed by atoms with Crippen molar-refractivity contribution in [1.82, 2.24) is 0 Å². The van der Waals surface area contributed by atoms with Crippen molar-refractivity contribution in [2.24, 2.45) is 0 Å². The van der Waals surface area contributed by atoms with Gasteiger partial charge in [0.15, 0.2) is 6.10 Å². The van der Waals surface area contributed by atoms with Crippen LogP contribution in [0.5, 0.6) is 0 Å². The van der Waals surface area contributed by atoms with E-state index in [4.69, 9.17) is 9.47 Å². The Morgan fingerprint density at radius 1 is 0.353 bits per heavy atom. The Bertz CT molecular complexity index is 1250. The molecule has 1 N–H and O–H groups in total. The van der Waals surface area contributed by atoms with E-state index in [2.05, 4.69) is 98.9 Å². The molecule has 0 aliphatic carbocycles. The molecule has 5 nitrogen and oxygen atoms in total. The summed E-state index contributed by atoms with van der Waals surface area (Å²) in [5, 5.41) is 9.66. The van der Waals surface area contributed by atoms with Gasteiger partial charge in [0, 0.05) is 12.8 Å². The number of unbranched alkanes of at least 4 members (excludes halogenated alkanes) is 31. The lowest BCUT2D eigenvalue weighted by Gasteiger charge is -2.15. The average molecular weight is 948 g/mol. The van der Waals surface area contributed by atoms with Gasteiger partial charge in [0.25, 0.3) is 0 Å². The van der Waals surface area contributed by atoms with Gasteiger partial charge in [0.05, 0.1) is 6.61 Å². The van der Waals surface area contributed by atoms with Crippen molar-refractivity contribution in [3.05, 3.63) is 85.1 Å². The highest BCUT2D eigenvalue weighted by Gasteiger charge is 2.16. The fourth-order valence-electron chi connectivity index (χ4n) is 8.32. The maximum atomic E-state index is 12.3. The Morgan fingerprint density at radius 2 is 0.632 bits per heavy atom. The minimum atomic E-state index is -0.778. The quantitative estimate of drug-likeness (QED) is 0.0374. The Kier molecular flexibility index (Phi) is 55.9. The summed E-state index contributed by atoms with van der Waals surface area (Å²) in [5.41, 5.74) is 0. The number of esters is 2. The highest BCUT2D eigenvalue weighted by molar-refractivity contribution is 5.70. The monoisotopic (exact) mass is 947 g/mol. The van der Waals surface area contributed by atoms with E-state index < -0.39 is 6.10 Å². The number of rotatable bonds is 53. The molecule has 0 fully saturated rings. The van der Waals surface area contributed by atoms with E-state index >= 15 is 0 Å². The summed E-state index contributed by atoms with van der Waals surface area (Å²) in [4.78, 5) is 24.6. The maximum Gasteiger partial charge on any atom is 0.306 e. The van der Waals surface area contributed by atoms with Crippen LogP contribution >= 0.6 is 0 Å². The van der Waals surface area contributed by atoms with Crippen LogP contribution in [0.3, 0.4) is 0 Å². The first-order valence-corrected chi connectivity index (χ1v) is 29.1. The summed E-state index contributed by atoms with van der Waals surface area (Å²) in [6.45, 7) is 4.04. The van der Waals surface area contributed by atoms with Gasteiger partial charge in [-0.2, -0.15) is 0 Å². The van der Waals surface area contributed by atoms with Crippen LogP contribution < -0.4 is 0 Å². The Balaban J connectivity index is 3.49. The average Bonchev–Trinajstić information content (AvgIpc) is 3.34. The van der Waals surface area contributed by atoms with Crippen LogP contribution in [0.2, 0.25) is 0 Å². The SMILES string of the molecule is CC/C=C\C/C=C\C/C=C\C/C=C\CCCCCCCCCCCCCCCCC(=O)OC(CO)COC(=O)CCCCCCCCCCCCCC/C=C\C/C=C\C/C=C\CCCCCCC. The number of ether oxygens (including phenoxy) is 2. The second kappa shape index (κ2) is 58.4. The number of hydrogen-bond donors (Lipinski definition) is 1. The summed E-state index contributed by atoms with van der Waals surface area (Å²) in [7, 11) is 0. The van der Waals surface area contributed by atoms with Crippen LogP contribution in [0.25, 0.3) is 0 Å². The summed E-state index contributed by atoms with van der Waals surface area (Å²) in [6, 6.07) is 0. The fraction of sp³-hybridized carbons (Fsp3) is 0.746. The molecule has 0 rings (SSSR count). The summed E-state index contributed by atoms with van der Waals surface area (Å²) in [6.07, 6.45) is 81.3. The normalized spacial score (nSPS) is 12.8. The molecular formula is C63H110O5. The molecule has 0 amide bonds. The minimum absolute atomic E-state index is 0.0684. The Labute approximate surface area is 422 Å². The van der Waals surface area contributed by atoms with Crippen molar-refractivity contribution >= 4 is 11.9 Å². The minimum Gasteiger partial charge on any atom is -0.462 e. The largest absolute Gasteiger partial charge is 0.462 e. The van der Waals surface area contributed by atoms with Gasteiger partial charge in [-0.1, -0.05) is 266 Å². The van der Waals surface area contributed by atoms with E-state index in [9.17, 15) is 14.7 Å². The topological polar surface area (TPSA) is 72.8 Å². The summed E-state index contributed by atoms with van der Waals surface area (Å²) < 4.78 is 10.7. The molecule has 1 unspecified atom stereocenters.